The molecule has 3 N–H and O–H groups in total. The van der Waals surface area contributed by atoms with Crippen LogP contribution in [0.2, 0.25) is 0 Å². The van der Waals surface area contributed by atoms with Crippen LogP contribution in [0.25, 0.3) is 0 Å². The number of rotatable bonds is 9. The van der Waals surface area contributed by atoms with Crippen LogP contribution in [-0.4, -0.2) is 71.5 Å². The summed E-state index contributed by atoms with van der Waals surface area (Å²) in [5, 5.41) is 32.5. The van der Waals surface area contributed by atoms with Gasteiger partial charge in [-0.1, -0.05) is 51.1 Å². The van der Waals surface area contributed by atoms with Gasteiger partial charge in [-0.05, 0) is 212 Å². The quantitative estimate of drug-likeness (QED) is 0.211. The number of aliphatic hydroxyl groups is 2. The Labute approximate surface area is 406 Å². The van der Waals surface area contributed by atoms with Crippen LogP contribution in [0.4, 0.5) is 0 Å². The van der Waals surface area contributed by atoms with Gasteiger partial charge in [0.25, 0.3) is 0 Å². The van der Waals surface area contributed by atoms with E-state index in [1.54, 1.807) is 23.3 Å². The minimum atomic E-state index is -0.473. The fourth-order valence-electron chi connectivity index (χ4n) is 17.4. The summed E-state index contributed by atoms with van der Waals surface area (Å²) < 4.78 is 12.3. The van der Waals surface area contributed by atoms with Gasteiger partial charge >= 0.3 is 0 Å². The maximum absolute atomic E-state index is 13.4. The smallest absolute Gasteiger partial charge is 0.157 e. The highest BCUT2D eigenvalue weighted by Crippen LogP contribution is 2.70. The molecule has 0 amide bonds. The van der Waals surface area contributed by atoms with Crippen LogP contribution < -0.4 is 9.47 Å². The molecule has 0 aliphatic heterocycles. The molecule has 10 rings (SSSR count). The van der Waals surface area contributed by atoms with Crippen LogP contribution in [0, 0.1) is 80.8 Å². The normalized spacial score (nSPS) is 44.1. The molecule has 0 spiro atoms. The van der Waals surface area contributed by atoms with E-state index < -0.39 is 11.2 Å². The Morgan fingerprint density at radius 2 is 1.14 bits per heavy atom. The van der Waals surface area contributed by atoms with Crippen molar-refractivity contribution >= 4 is 27.5 Å². The second-order valence-electron chi connectivity index (χ2n) is 24.3. The number of ether oxygens (including phenoxy) is 2. The standard InChI is InChI=1S/C27H42N2O3.C22H35BrO2.C5H8N2O.CH4/c1-5-32-19-15-28-29(16-19)17-24(30)23-9-8-21-20-7-6-18-14-25(2,31)12-13-26(18,3)22(20)10-11-27(21,23)4;1-20(25)10-11-21(2)14(12-20)4-5-15-16-6-7-18(19(24)13-23)22(16,3)9-8-17(15)21;1-2-8-5-3-6-7-4-5;/h15-16,18,20-23,31H,5-14,17H2,1-4H3;14-18,25H,4-13H2,1-3H3;3-4H,2H2,1H3,(H,6,7);1H4/t18-,20+,21+,22+,23-,25-,26+,27+;14-,15+,16+,17+,18-,20-,21+,22+;;/m11../s1. The number of carbonyl (C=O) groups is 2. The molecular weight excluding hydrogens is 893 g/mol. The van der Waals surface area contributed by atoms with E-state index in [2.05, 4.69) is 58.9 Å². The second-order valence-corrected chi connectivity index (χ2v) is 24.9. The average molecular weight is 982 g/mol. The van der Waals surface area contributed by atoms with Crippen LogP contribution in [0.3, 0.4) is 0 Å². The van der Waals surface area contributed by atoms with E-state index in [9.17, 15) is 19.8 Å². The van der Waals surface area contributed by atoms with E-state index in [-0.39, 0.29) is 30.1 Å². The number of hydrogen-bond acceptors (Lipinski definition) is 8. The van der Waals surface area contributed by atoms with Crippen molar-refractivity contribution in [1.29, 1.82) is 0 Å². The van der Waals surface area contributed by atoms with Crippen molar-refractivity contribution in [3.8, 4) is 11.5 Å². The van der Waals surface area contributed by atoms with Gasteiger partial charge in [-0.2, -0.15) is 10.2 Å². The first kappa shape index (κ1) is 51.6. The maximum atomic E-state index is 13.4. The lowest BCUT2D eigenvalue weighted by molar-refractivity contribution is -0.151. The van der Waals surface area contributed by atoms with Gasteiger partial charge in [-0.3, -0.25) is 19.4 Å². The van der Waals surface area contributed by atoms with Crippen LogP contribution in [0.1, 0.15) is 178 Å². The molecule has 10 nitrogen and oxygen atoms in total. The topological polar surface area (TPSA) is 140 Å². The zero-order chi connectivity index (χ0) is 46.6. The molecular formula is C55H89BrN4O6. The monoisotopic (exact) mass is 981 g/mol. The number of H-pyrrole nitrogens is 1. The molecule has 8 fully saturated rings. The van der Waals surface area contributed by atoms with Crippen LogP contribution >= 0.6 is 15.9 Å². The third-order valence-electron chi connectivity index (χ3n) is 20.8. The Balaban J connectivity index is 0.000000169. The molecule has 66 heavy (non-hydrogen) atoms. The van der Waals surface area contributed by atoms with Gasteiger partial charge in [-0.15, -0.1) is 0 Å². The summed E-state index contributed by atoms with van der Waals surface area (Å²) in [5.41, 5.74) is 0.261. The zero-order valence-electron chi connectivity index (χ0n) is 41.4. The number of hydrogen-bond donors (Lipinski definition) is 3. The molecule has 0 saturated heterocycles. The molecule has 16 atom stereocenters. The van der Waals surface area contributed by atoms with Gasteiger partial charge in [-0.25, -0.2) is 0 Å². The van der Waals surface area contributed by atoms with Crippen molar-refractivity contribution < 1.29 is 29.3 Å². The molecule has 0 radical (unpaired) electrons. The number of fused-ring (bicyclic) bond motifs is 10. The third kappa shape index (κ3) is 9.64. The van der Waals surface area contributed by atoms with Crippen molar-refractivity contribution in [1.82, 2.24) is 20.0 Å². The highest BCUT2D eigenvalue weighted by atomic mass is 79.9. The van der Waals surface area contributed by atoms with E-state index in [0.717, 1.165) is 79.6 Å². The maximum Gasteiger partial charge on any atom is 0.157 e. The molecule has 2 aromatic rings. The fraction of sp³-hybridized carbons (Fsp3) is 0.855. The van der Waals surface area contributed by atoms with Crippen molar-refractivity contribution in [2.24, 2.45) is 80.8 Å². The van der Waals surface area contributed by atoms with Crippen LogP contribution in [0.15, 0.2) is 24.8 Å². The van der Waals surface area contributed by atoms with Crippen molar-refractivity contribution in [2.75, 3.05) is 18.5 Å². The van der Waals surface area contributed by atoms with E-state index in [4.69, 9.17) is 9.47 Å². The summed E-state index contributed by atoms with van der Waals surface area (Å²) in [6.07, 6.45) is 27.9. The molecule has 8 aliphatic rings. The zero-order valence-corrected chi connectivity index (χ0v) is 43.0. The number of halogens is 1. The lowest BCUT2D eigenvalue weighted by Crippen LogP contribution is -2.55. The molecule has 8 saturated carbocycles. The predicted molar refractivity (Wildman–Crippen MR) is 265 cm³/mol. The number of aromatic amines is 1. The minimum Gasteiger partial charge on any atom is -0.491 e. The fourth-order valence-corrected chi connectivity index (χ4v) is 17.8. The van der Waals surface area contributed by atoms with Crippen molar-refractivity contribution in [2.45, 2.75) is 196 Å². The molecule has 2 heterocycles. The largest absolute Gasteiger partial charge is 0.491 e. The first-order valence-corrected chi connectivity index (χ1v) is 27.3. The van der Waals surface area contributed by atoms with Crippen LogP contribution in [-0.2, 0) is 16.1 Å². The number of Topliss-reactive ketones (excluding diaryl/α,β-unsaturated/α-hetero) is 2. The Morgan fingerprint density at radius 1 is 0.652 bits per heavy atom. The number of alkyl halides is 1. The summed E-state index contributed by atoms with van der Waals surface area (Å²) in [7, 11) is 0. The lowest BCUT2D eigenvalue weighted by atomic mass is 9.44. The van der Waals surface area contributed by atoms with Gasteiger partial charge in [0.15, 0.2) is 17.3 Å². The van der Waals surface area contributed by atoms with Gasteiger partial charge < -0.3 is 19.7 Å². The van der Waals surface area contributed by atoms with Gasteiger partial charge in [0.05, 0.1) is 61.1 Å². The van der Waals surface area contributed by atoms with Gasteiger partial charge in [0.1, 0.15) is 5.78 Å². The Bertz CT molecular complexity index is 1950. The Kier molecular flexibility index (Phi) is 15.5. The molecule has 0 aromatic carbocycles. The summed E-state index contributed by atoms with van der Waals surface area (Å²) in [5.74, 6) is 8.72. The Hall–Kier alpha value is -2.24. The minimum absolute atomic E-state index is 0. The average Bonchev–Trinajstić information content (AvgIpc) is 4.08. The second kappa shape index (κ2) is 19.9. The first-order valence-electron chi connectivity index (χ1n) is 26.1. The first-order chi connectivity index (χ1) is 30.8. The van der Waals surface area contributed by atoms with Crippen molar-refractivity contribution in [3.63, 3.8) is 0 Å². The number of carbonyl (C=O) groups excluding carboxylic acids is 2. The summed E-state index contributed by atoms with van der Waals surface area (Å²) in [6.45, 7) is 19.6. The van der Waals surface area contributed by atoms with E-state index in [1.165, 1.54) is 77.0 Å². The highest BCUT2D eigenvalue weighted by Gasteiger charge is 2.63. The number of nitrogens with one attached hydrogen (secondary N) is 1. The Morgan fingerprint density at radius 3 is 1.61 bits per heavy atom. The molecule has 0 unspecified atom stereocenters. The van der Waals surface area contributed by atoms with E-state index in [1.807, 2.05) is 33.9 Å². The number of nitrogens with zero attached hydrogens (tertiary/aromatic N) is 3. The molecule has 8 aliphatic carbocycles. The van der Waals surface area contributed by atoms with Gasteiger partial charge in [0.2, 0.25) is 0 Å². The summed E-state index contributed by atoms with van der Waals surface area (Å²) in [4.78, 5) is 26.0. The molecule has 0 bridgehead atoms. The predicted octanol–water partition coefficient (Wildman–Crippen LogP) is 12.1. The molecule has 2 aromatic heterocycles. The summed E-state index contributed by atoms with van der Waals surface area (Å²) in [6, 6.07) is 0. The van der Waals surface area contributed by atoms with Crippen molar-refractivity contribution in [3.05, 3.63) is 24.8 Å². The third-order valence-corrected chi connectivity index (χ3v) is 21.4. The number of aromatic nitrogens is 4. The molecule has 372 valence electrons. The van der Waals surface area contributed by atoms with E-state index >= 15 is 0 Å². The SMILES string of the molecule is C.CCOc1cn[nH]c1.CCOc1cnn(CC(=O)[C@H]2CC[C@H]3[C@@H]4CC[C@@H]5C[C@](C)(O)CC[C@]5(C)[C@H]4CC[C@]23C)c1.C[C@@]1(O)CC[C@@]2(C)[C@H](CC[C@@H]3[C@@H]2CC[C@]2(C)[C@@H](C(=O)CBr)CC[C@@H]32)C1. The van der Waals surface area contributed by atoms with Gasteiger partial charge in [0, 0.05) is 11.8 Å². The van der Waals surface area contributed by atoms with Crippen LogP contribution in [0.5, 0.6) is 11.5 Å². The van der Waals surface area contributed by atoms with E-state index in [0.29, 0.717) is 65.2 Å². The molecule has 11 heteroatoms. The highest BCUT2D eigenvalue weighted by molar-refractivity contribution is 9.09. The number of ketones is 2. The lowest BCUT2D eigenvalue weighted by Gasteiger charge is -2.61. The summed E-state index contributed by atoms with van der Waals surface area (Å²) >= 11 is 3.43.